The fourth-order valence-electron chi connectivity index (χ4n) is 9.19. The van der Waals surface area contributed by atoms with Gasteiger partial charge in [-0.25, -0.2) is 0 Å². The minimum atomic E-state index is -0.0865. The first-order valence-corrected chi connectivity index (χ1v) is 23.6. The molecule has 7 rings (SSSR count). The third kappa shape index (κ3) is 10.5. The molecule has 1 saturated heterocycles. The first kappa shape index (κ1) is 43.4. The van der Waals surface area contributed by atoms with Crippen LogP contribution in [-0.4, -0.2) is 39.0 Å². The van der Waals surface area contributed by atoms with Crippen LogP contribution >= 0.6 is 32.7 Å². The molecule has 6 heteroatoms. The molecule has 0 bridgehead atoms. The monoisotopic (exact) mass is 850 g/mol. The molecule has 4 aliphatic rings. The number of nitrogens with zero attached hydrogens (tertiary/aromatic N) is 2. The second-order valence-corrected chi connectivity index (χ2v) is 20.7. The topological polar surface area (TPSA) is 6.48 Å². The molecule has 0 unspecified atom stereocenters. The summed E-state index contributed by atoms with van der Waals surface area (Å²) in [4.78, 5) is 5.16. The summed E-state index contributed by atoms with van der Waals surface area (Å²) >= 11 is -0.0865. The number of hydrogen-bond donors (Lipinski definition) is 0. The molecule has 1 heterocycles. The average Bonchev–Trinajstić information content (AvgIpc) is 3.57. The van der Waals surface area contributed by atoms with Gasteiger partial charge in [-0.2, -0.15) is 0 Å². The Kier molecular flexibility index (Phi) is 17.6. The Balaban J connectivity index is 0.000000248. The van der Waals surface area contributed by atoms with Gasteiger partial charge in [0.05, 0.1) is 0 Å². The molecule has 3 saturated carbocycles. The molecule has 52 heavy (non-hydrogen) atoms. The van der Waals surface area contributed by atoms with Gasteiger partial charge < -0.3 is 0 Å². The summed E-state index contributed by atoms with van der Waals surface area (Å²) in [6.45, 7) is 15.5. The zero-order chi connectivity index (χ0) is 35.0. The average molecular weight is 851 g/mol. The number of anilines is 2. The van der Waals surface area contributed by atoms with E-state index in [9.17, 15) is 0 Å². The van der Waals surface area contributed by atoms with Gasteiger partial charge in [0.1, 0.15) is 0 Å². The van der Waals surface area contributed by atoms with Gasteiger partial charge in [0.15, 0.2) is 0 Å². The van der Waals surface area contributed by atoms with E-state index in [-0.39, 0.29) is 41.0 Å². The Morgan fingerprint density at radius 2 is 0.885 bits per heavy atom. The van der Waals surface area contributed by atoms with E-state index in [0.29, 0.717) is 7.92 Å². The number of aryl methyl sites for hydroxylation is 2. The third-order valence-corrected chi connectivity index (χ3v) is 19.0. The summed E-state index contributed by atoms with van der Waals surface area (Å²) in [6, 6.07) is 19.9. The molecule has 3 aliphatic carbocycles. The molecule has 3 aromatic rings. The minimum absolute atomic E-state index is 0. The van der Waals surface area contributed by atoms with E-state index >= 15 is 0 Å². The maximum Gasteiger partial charge on any atom is -0.147 e. The number of hydrogen-bond acceptors (Lipinski definition) is 2. The van der Waals surface area contributed by atoms with Crippen molar-refractivity contribution in [1.29, 1.82) is 0 Å². The quantitative estimate of drug-likeness (QED) is 0.180. The van der Waals surface area contributed by atoms with Crippen molar-refractivity contribution in [2.24, 2.45) is 0 Å². The summed E-state index contributed by atoms with van der Waals surface area (Å²) in [5.74, 6) is 0. The number of benzene rings is 3. The molecule has 4 fully saturated rings. The molecule has 3 aromatic carbocycles. The maximum absolute atomic E-state index is 2.58. The van der Waals surface area contributed by atoms with Gasteiger partial charge in [-0.05, 0) is 55.5 Å². The van der Waals surface area contributed by atoms with Crippen LogP contribution in [0, 0.1) is 41.5 Å². The largest absolute Gasteiger partial charge is 0.147 e. The van der Waals surface area contributed by atoms with E-state index in [1.165, 1.54) is 90.9 Å². The molecule has 0 spiro atoms. The van der Waals surface area contributed by atoms with Crippen LogP contribution in [0.5, 0.6) is 0 Å². The van der Waals surface area contributed by atoms with E-state index in [0.717, 1.165) is 13.1 Å². The van der Waals surface area contributed by atoms with Crippen LogP contribution in [0.25, 0.3) is 0 Å². The second-order valence-electron chi connectivity index (χ2n) is 15.8. The first-order chi connectivity index (χ1) is 24.3. The van der Waals surface area contributed by atoms with Crippen LogP contribution in [0.2, 0.25) is 0 Å². The van der Waals surface area contributed by atoms with Crippen molar-refractivity contribution >= 4 is 53.1 Å². The van der Waals surface area contributed by atoms with Crippen molar-refractivity contribution < 1.29 is 16.2 Å². The Bertz CT molecular complexity index is 1520. The summed E-state index contributed by atoms with van der Waals surface area (Å²) < 4.78 is 3.90. The third-order valence-electron chi connectivity index (χ3n) is 12.7. The summed E-state index contributed by atoms with van der Waals surface area (Å²) in [6.07, 6.45) is 23.6. The SMILES string of the molecule is C1CCC(P(C2CCCCC2)C2CCCCC2)CC1.Cc1ccc(N2CCN(c3ccc(C)c(C)c3C)[C]2=[Ru]=[CH]c2ccccc2)c(C)c1C.Cl.Cl. The fraction of sp³-hybridized carbons (Fsp3) is 0.565. The molecule has 1 aliphatic heterocycles. The van der Waals surface area contributed by atoms with E-state index in [1.807, 2.05) is 0 Å². The van der Waals surface area contributed by atoms with Crippen molar-refractivity contribution in [3.8, 4) is 0 Å². The van der Waals surface area contributed by atoms with Crippen LogP contribution in [-0.2, 0) is 16.2 Å². The maximum atomic E-state index is 2.58. The van der Waals surface area contributed by atoms with Crippen molar-refractivity contribution in [2.45, 2.75) is 155 Å². The zero-order valence-corrected chi connectivity index (χ0v) is 37.3. The van der Waals surface area contributed by atoms with E-state index in [2.05, 4.69) is 111 Å². The van der Waals surface area contributed by atoms with Crippen molar-refractivity contribution in [2.75, 3.05) is 22.9 Å². The predicted molar refractivity (Wildman–Crippen MR) is 235 cm³/mol. The molecular weight excluding hydrogens is 783 g/mol. The van der Waals surface area contributed by atoms with Crippen LogP contribution in [0.15, 0.2) is 54.6 Å². The predicted octanol–water partition coefficient (Wildman–Crippen LogP) is 13.2. The molecule has 0 N–H and O–H groups in total. The minimum Gasteiger partial charge on any atom is -0.147 e. The van der Waals surface area contributed by atoms with Crippen LogP contribution in [0.4, 0.5) is 11.4 Å². The van der Waals surface area contributed by atoms with Crippen molar-refractivity contribution in [1.82, 2.24) is 0 Å². The fourth-order valence-corrected chi connectivity index (χ4v) is 16.1. The Morgan fingerprint density at radius 3 is 1.27 bits per heavy atom. The second kappa shape index (κ2) is 21.1. The summed E-state index contributed by atoms with van der Waals surface area (Å²) in [5, 5.41) is 0. The number of rotatable bonds is 6. The first-order valence-electron chi connectivity index (χ1n) is 20.2. The molecular formula is C46H67Cl2N2PRu. The van der Waals surface area contributed by atoms with E-state index < -0.39 is 0 Å². The smallest absolute Gasteiger partial charge is 0.147 e. The van der Waals surface area contributed by atoms with Crippen LogP contribution < -0.4 is 9.80 Å². The van der Waals surface area contributed by atoms with Gasteiger partial charge in [-0.3, -0.25) is 0 Å². The molecule has 288 valence electrons. The zero-order valence-electron chi connectivity index (χ0n) is 33.0. The molecule has 0 atom stereocenters. The van der Waals surface area contributed by atoms with Crippen LogP contribution in [0.1, 0.15) is 135 Å². The molecule has 2 nitrogen and oxygen atoms in total. The van der Waals surface area contributed by atoms with E-state index in [1.54, 1.807) is 77.0 Å². The standard InChI is InChI=1S/C21H26N2.C18H33P.C7H6.2ClH.Ru/c1-14-7-9-20(18(5)16(14)3)22-11-12-23(13-22)21-10-8-15(2)17(4)19(21)6;1-4-10-16(11-5-1)19(17-12-6-2-7-13-17)18-14-8-3-9-15-18;1-7-5-3-2-4-6-7;;;/h7-10H,11-12H2,1-6H3;16-18H,1-15H2;1-6H;2*1H;. The van der Waals surface area contributed by atoms with Gasteiger partial charge >= 0.3 is 195 Å². The van der Waals surface area contributed by atoms with Gasteiger partial charge in [0, 0.05) is 0 Å². The molecule has 0 aromatic heterocycles. The van der Waals surface area contributed by atoms with Gasteiger partial charge in [0.2, 0.25) is 0 Å². The number of halogens is 2. The Morgan fingerprint density at radius 1 is 0.500 bits per heavy atom. The van der Waals surface area contributed by atoms with Gasteiger partial charge in [0.25, 0.3) is 0 Å². The van der Waals surface area contributed by atoms with E-state index in [4.69, 9.17) is 0 Å². The Hall–Kier alpha value is -1.37. The molecule has 0 amide bonds. The summed E-state index contributed by atoms with van der Waals surface area (Å²) in [7, 11) is 0.385. The van der Waals surface area contributed by atoms with Crippen molar-refractivity contribution in [3.63, 3.8) is 0 Å². The normalized spacial score (nSPS) is 18.8. The Labute approximate surface area is 338 Å². The van der Waals surface area contributed by atoms with Crippen molar-refractivity contribution in [3.05, 3.63) is 93.5 Å². The van der Waals surface area contributed by atoms with Gasteiger partial charge in [-0.15, -0.1) is 24.8 Å². The summed E-state index contributed by atoms with van der Waals surface area (Å²) in [5.41, 5.74) is 15.9. The van der Waals surface area contributed by atoms with Gasteiger partial charge in [-0.1, -0.05) is 65.7 Å². The van der Waals surface area contributed by atoms with Crippen LogP contribution in [0.3, 0.4) is 0 Å². The molecule has 0 radical (unpaired) electrons.